The van der Waals surface area contributed by atoms with Crippen molar-refractivity contribution in [1.82, 2.24) is 4.90 Å². The second-order valence-electron chi connectivity index (χ2n) is 6.68. The van der Waals surface area contributed by atoms with Crippen LogP contribution in [0.5, 0.6) is 0 Å². The molecule has 2 atom stereocenters. The van der Waals surface area contributed by atoms with Crippen LogP contribution < -0.4 is 0 Å². The minimum absolute atomic E-state index is 0.116. The fourth-order valence-electron chi connectivity index (χ4n) is 3.58. The van der Waals surface area contributed by atoms with Gasteiger partial charge >= 0.3 is 5.97 Å². The van der Waals surface area contributed by atoms with Gasteiger partial charge in [0.1, 0.15) is 5.41 Å². The molecule has 6 nitrogen and oxygen atoms in total. The highest BCUT2D eigenvalue weighted by molar-refractivity contribution is 5.95. The van der Waals surface area contributed by atoms with Crippen LogP contribution in [0, 0.1) is 5.41 Å². The monoisotopic (exact) mass is 333 g/mol. The number of carbonyl (C=O) groups excluding carboxylic acids is 1. The van der Waals surface area contributed by atoms with Crippen LogP contribution >= 0.6 is 0 Å². The molecular formula is C18H23NO5. The topological polar surface area (TPSA) is 76.1 Å². The van der Waals surface area contributed by atoms with Crippen LogP contribution in [-0.2, 0) is 14.3 Å². The van der Waals surface area contributed by atoms with E-state index in [1.54, 1.807) is 11.0 Å². The lowest BCUT2D eigenvalue weighted by atomic mass is 9.88. The SMILES string of the molecule is COCC1(C(=O)O)CCN(C(=O)c2cccc(C3CCOC3)c2)C1. The third-order valence-corrected chi connectivity index (χ3v) is 5.05. The molecule has 3 rings (SSSR count). The Morgan fingerprint density at radius 1 is 1.46 bits per heavy atom. The van der Waals surface area contributed by atoms with E-state index in [-0.39, 0.29) is 19.1 Å². The lowest BCUT2D eigenvalue weighted by molar-refractivity contribution is -0.151. The minimum Gasteiger partial charge on any atom is -0.481 e. The highest BCUT2D eigenvalue weighted by Crippen LogP contribution is 2.33. The van der Waals surface area contributed by atoms with Crippen LogP contribution in [-0.4, -0.2) is 61.9 Å². The number of likely N-dealkylation sites (tertiary alicyclic amines) is 1. The van der Waals surface area contributed by atoms with E-state index in [0.717, 1.165) is 18.6 Å². The molecule has 130 valence electrons. The van der Waals surface area contributed by atoms with Gasteiger partial charge in [0.2, 0.25) is 0 Å². The molecule has 0 aromatic heterocycles. The summed E-state index contributed by atoms with van der Waals surface area (Å²) in [6.07, 6.45) is 1.38. The quantitative estimate of drug-likeness (QED) is 0.888. The van der Waals surface area contributed by atoms with Crippen molar-refractivity contribution in [2.75, 3.05) is 40.0 Å². The van der Waals surface area contributed by atoms with Crippen molar-refractivity contribution in [3.8, 4) is 0 Å². The summed E-state index contributed by atoms with van der Waals surface area (Å²) < 4.78 is 10.5. The number of methoxy groups -OCH3 is 1. The lowest BCUT2D eigenvalue weighted by Crippen LogP contribution is -2.40. The Hall–Kier alpha value is -1.92. The number of carboxylic acids is 1. The summed E-state index contributed by atoms with van der Waals surface area (Å²) >= 11 is 0. The summed E-state index contributed by atoms with van der Waals surface area (Å²) in [5.74, 6) is -0.686. The first-order valence-corrected chi connectivity index (χ1v) is 8.25. The van der Waals surface area contributed by atoms with Gasteiger partial charge in [-0.25, -0.2) is 0 Å². The lowest BCUT2D eigenvalue weighted by Gasteiger charge is -2.24. The van der Waals surface area contributed by atoms with Gasteiger partial charge in [-0.2, -0.15) is 0 Å². The number of hydrogen-bond donors (Lipinski definition) is 1. The molecule has 2 unspecified atom stereocenters. The third kappa shape index (κ3) is 3.16. The second kappa shape index (κ2) is 6.91. The zero-order chi connectivity index (χ0) is 17.2. The molecule has 1 aromatic rings. The smallest absolute Gasteiger partial charge is 0.313 e. The van der Waals surface area contributed by atoms with Crippen molar-refractivity contribution < 1.29 is 24.2 Å². The predicted molar refractivity (Wildman–Crippen MR) is 87.1 cm³/mol. The Kier molecular flexibility index (Phi) is 4.87. The maximum absolute atomic E-state index is 12.8. The van der Waals surface area contributed by atoms with Crippen LogP contribution in [0.1, 0.15) is 34.7 Å². The molecule has 0 spiro atoms. The highest BCUT2D eigenvalue weighted by atomic mass is 16.5. The number of aliphatic carboxylic acids is 1. The number of carbonyl (C=O) groups is 2. The maximum atomic E-state index is 12.8. The van der Waals surface area contributed by atoms with E-state index in [9.17, 15) is 14.7 Å². The van der Waals surface area contributed by atoms with E-state index in [2.05, 4.69) is 0 Å². The van der Waals surface area contributed by atoms with Crippen molar-refractivity contribution in [2.24, 2.45) is 5.41 Å². The van der Waals surface area contributed by atoms with E-state index >= 15 is 0 Å². The molecule has 2 aliphatic rings. The average molecular weight is 333 g/mol. The zero-order valence-electron chi connectivity index (χ0n) is 13.9. The first-order chi connectivity index (χ1) is 11.6. The third-order valence-electron chi connectivity index (χ3n) is 5.05. The number of carboxylic acid groups (broad SMARTS) is 1. The summed E-state index contributed by atoms with van der Waals surface area (Å²) in [6, 6.07) is 7.61. The molecule has 2 saturated heterocycles. The van der Waals surface area contributed by atoms with Crippen LogP contribution in [0.25, 0.3) is 0 Å². The molecule has 24 heavy (non-hydrogen) atoms. The van der Waals surface area contributed by atoms with Crippen molar-refractivity contribution in [1.29, 1.82) is 0 Å². The molecule has 0 radical (unpaired) electrons. The number of rotatable bonds is 5. The van der Waals surface area contributed by atoms with Gasteiger partial charge in [-0.05, 0) is 30.5 Å². The van der Waals surface area contributed by atoms with Gasteiger partial charge in [-0.1, -0.05) is 12.1 Å². The van der Waals surface area contributed by atoms with Crippen LogP contribution in [0.4, 0.5) is 0 Å². The molecule has 1 aromatic carbocycles. The summed E-state index contributed by atoms with van der Waals surface area (Å²) in [4.78, 5) is 26.0. The summed E-state index contributed by atoms with van der Waals surface area (Å²) in [5.41, 5.74) is 0.721. The molecule has 2 heterocycles. The second-order valence-corrected chi connectivity index (χ2v) is 6.68. The normalized spacial score (nSPS) is 26.7. The van der Waals surface area contributed by atoms with E-state index < -0.39 is 11.4 Å². The first-order valence-electron chi connectivity index (χ1n) is 8.25. The van der Waals surface area contributed by atoms with Gasteiger partial charge in [0, 0.05) is 38.3 Å². The van der Waals surface area contributed by atoms with Crippen LogP contribution in [0.15, 0.2) is 24.3 Å². The number of benzene rings is 1. The number of hydrogen-bond acceptors (Lipinski definition) is 4. The van der Waals surface area contributed by atoms with Gasteiger partial charge in [0.25, 0.3) is 5.91 Å². The van der Waals surface area contributed by atoms with Crippen LogP contribution in [0.3, 0.4) is 0 Å². The molecule has 2 aliphatic heterocycles. The number of ether oxygens (including phenoxy) is 2. The molecule has 1 N–H and O–H groups in total. The molecule has 0 bridgehead atoms. The van der Waals surface area contributed by atoms with Gasteiger partial charge in [0.15, 0.2) is 0 Å². The maximum Gasteiger partial charge on any atom is 0.313 e. The molecule has 2 fully saturated rings. The molecule has 1 amide bonds. The summed E-state index contributed by atoms with van der Waals surface area (Å²) in [6.45, 7) is 2.19. The van der Waals surface area contributed by atoms with Gasteiger partial charge in [-0.3, -0.25) is 9.59 Å². The molecule has 6 heteroatoms. The standard InChI is InChI=1S/C18H23NO5/c1-23-12-18(17(21)22)6-7-19(11-18)16(20)14-4-2-3-13(9-14)15-5-8-24-10-15/h2-4,9,15H,5-8,10-12H2,1H3,(H,21,22). The first kappa shape index (κ1) is 16.9. The van der Waals surface area contributed by atoms with Crippen molar-refractivity contribution in [3.05, 3.63) is 35.4 Å². The highest BCUT2D eigenvalue weighted by Gasteiger charge is 2.46. The molecule has 0 saturated carbocycles. The van der Waals surface area contributed by atoms with Crippen molar-refractivity contribution in [2.45, 2.75) is 18.8 Å². The Morgan fingerprint density at radius 2 is 2.29 bits per heavy atom. The minimum atomic E-state index is -0.999. The van der Waals surface area contributed by atoms with E-state index in [1.807, 2.05) is 18.2 Å². The van der Waals surface area contributed by atoms with Crippen molar-refractivity contribution in [3.63, 3.8) is 0 Å². The van der Waals surface area contributed by atoms with Crippen LogP contribution in [0.2, 0.25) is 0 Å². The Labute approximate surface area is 141 Å². The summed E-state index contributed by atoms with van der Waals surface area (Å²) in [7, 11) is 1.49. The fraction of sp³-hybridized carbons (Fsp3) is 0.556. The zero-order valence-corrected chi connectivity index (χ0v) is 13.9. The average Bonchev–Trinajstić information content (AvgIpc) is 3.25. The Bertz CT molecular complexity index is 626. The van der Waals surface area contributed by atoms with Gasteiger partial charge in [0.05, 0.1) is 13.2 Å². The van der Waals surface area contributed by atoms with E-state index in [4.69, 9.17) is 9.47 Å². The van der Waals surface area contributed by atoms with Gasteiger partial charge < -0.3 is 19.5 Å². The van der Waals surface area contributed by atoms with E-state index in [0.29, 0.717) is 31.1 Å². The Morgan fingerprint density at radius 3 is 2.96 bits per heavy atom. The number of nitrogens with zero attached hydrogens (tertiary/aromatic N) is 1. The molecule has 0 aliphatic carbocycles. The predicted octanol–water partition coefficient (Wildman–Crippen LogP) is 1.75. The fourth-order valence-corrected chi connectivity index (χ4v) is 3.58. The van der Waals surface area contributed by atoms with E-state index in [1.165, 1.54) is 7.11 Å². The van der Waals surface area contributed by atoms with Gasteiger partial charge in [-0.15, -0.1) is 0 Å². The largest absolute Gasteiger partial charge is 0.481 e. The van der Waals surface area contributed by atoms with Crippen molar-refractivity contribution >= 4 is 11.9 Å². The molecular weight excluding hydrogens is 310 g/mol. The summed E-state index contributed by atoms with van der Waals surface area (Å²) in [5, 5.41) is 9.52. The Balaban J connectivity index is 1.75. The number of amides is 1.